The van der Waals surface area contributed by atoms with Crippen LogP contribution in [0.4, 0.5) is 5.69 Å². The first-order chi connectivity index (χ1) is 17.0. The predicted molar refractivity (Wildman–Crippen MR) is 131 cm³/mol. The van der Waals surface area contributed by atoms with Crippen molar-refractivity contribution >= 4 is 29.3 Å². The number of nitriles is 1. The van der Waals surface area contributed by atoms with E-state index in [2.05, 4.69) is 15.5 Å². The molecule has 4 rings (SSSR count). The molecule has 0 radical (unpaired) electrons. The molecular formula is C26H20N4O4S. The average Bonchev–Trinajstić information content (AvgIpc) is 3.35. The summed E-state index contributed by atoms with van der Waals surface area (Å²) in [5.41, 5.74) is 3.16. The van der Waals surface area contributed by atoms with Crippen LogP contribution < -0.4 is 5.32 Å². The second kappa shape index (κ2) is 11.1. The average molecular weight is 485 g/mol. The molecule has 1 heterocycles. The molecule has 35 heavy (non-hydrogen) atoms. The Hall–Kier alpha value is -4.42. The fraction of sp³-hybridized carbons (Fsp3) is 0.115. The number of carbonyl (C=O) groups excluding carboxylic acids is 2. The minimum Gasteiger partial charge on any atom is -0.452 e. The molecular weight excluding hydrogens is 464 g/mol. The number of aryl methyl sites for hydroxylation is 1. The minimum absolute atomic E-state index is 0.0739. The van der Waals surface area contributed by atoms with E-state index in [0.717, 1.165) is 11.1 Å². The fourth-order valence-electron chi connectivity index (χ4n) is 3.22. The van der Waals surface area contributed by atoms with Crippen LogP contribution in [0.2, 0.25) is 0 Å². The Morgan fingerprint density at radius 2 is 1.89 bits per heavy atom. The van der Waals surface area contributed by atoms with Gasteiger partial charge < -0.3 is 14.6 Å². The molecule has 0 aliphatic carbocycles. The highest BCUT2D eigenvalue weighted by atomic mass is 32.2. The van der Waals surface area contributed by atoms with E-state index in [0.29, 0.717) is 27.5 Å². The minimum atomic E-state index is -0.564. The number of ether oxygens (including phenoxy) is 1. The largest absolute Gasteiger partial charge is 0.452 e. The first kappa shape index (κ1) is 23.7. The van der Waals surface area contributed by atoms with Crippen LogP contribution in [0.1, 0.15) is 27.4 Å². The fourth-order valence-corrected chi connectivity index (χ4v) is 4.06. The van der Waals surface area contributed by atoms with Crippen LogP contribution in [-0.2, 0) is 16.1 Å². The van der Waals surface area contributed by atoms with Gasteiger partial charge >= 0.3 is 5.97 Å². The van der Waals surface area contributed by atoms with Crippen molar-refractivity contribution in [2.45, 2.75) is 18.4 Å². The second-order valence-corrected chi connectivity index (χ2v) is 8.45. The van der Waals surface area contributed by atoms with Crippen molar-refractivity contribution in [3.05, 3.63) is 95.4 Å². The monoisotopic (exact) mass is 484 g/mol. The summed E-state index contributed by atoms with van der Waals surface area (Å²) in [5, 5.41) is 15.7. The maximum absolute atomic E-state index is 12.7. The Morgan fingerprint density at radius 3 is 2.71 bits per heavy atom. The molecule has 0 spiro atoms. The molecule has 0 fully saturated rings. The van der Waals surface area contributed by atoms with Crippen molar-refractivity contribution in [2.24, 2.45) is 0 Å². The van der Waals surface area contributed by atoms with Crippen LogP contribution in [0, 0.1) is 18.3 Å². The summed E-state index contributed by atoms with van der Waals surface area (Å²) >= 11 is 1.21. The van der Waals surface area contributed by atoms with Crippen molar-refractivity contribution in [3.63, 3.8) is 0 Å². The van der Waals surface area contributed by atoms with Gasteiger partial charge in [0.1, 0.15) is 0 Å². The summed E-state index contributed by atoms with van der Waals surface area (Å²) in [6, 6.07) is 23.2. The topological polar surface area (TPSA) is 118 Å². The molecule has 4 aromatic rings. The highest BCUT2D eigenvalue weighted by Gasteiger charge is 2.17. The van der Waals surface area contributed by atoms with Gasteiger partial charge in [-0.2, -0.15) is 10.2 Å². The third-order valence-electron chi connectivity index (χ3n) is 4.92. The molecule has 0 unspecified atom stereocenters. The van der Waals surface area contributed by atoms with E-state index in [1.165, 1.54) is 11.8 Å². The van der Waals surface area contributed by atoms with E-state index < -0.39 is 5.97 Å². The number of hydrogen-bond acceptors (Lipinski definition) is 8. The Bertz CT molecular complexity index is 1410. The van der Waals surface area contributed by atoms with Crippen LogP contribution in [-0.4, -0.2) is 27.8 Å². The maximum atomic E-state index is 12.7. The number of benzene rings is 3. The molecule has 0 aliphatic rings. The van der Waals surface area contributed by atoms with Crippen LogP contribution in [0.3, 0.4) is 0 Å². The number of rotatable bonds is 8. The van der Waals surface area contributed by atoms with Gasteiger partial charge in [0, 0.05) is 16.1 Å². The number of aromatic nitrogens is 2. The Labute approximate surface area is 205 Å². The number of hydrogen-bond donors (Lipinski definition) is 1. The zero-order valence-electron chi connectivity index (χ0n) is 18.7. The Morgan fingerprint density at radius 1 is 1.09 bits per heavy atom. The highest BCUT2D eigenvalue weighted by Crippen LogP contribution is 2.25. The molecule has 174 valence electrons. The Balaban J connectivity index is 1.35. The van der Waals surface area contributed by atoms with Crippen LogP contribution in [0.25, 0.3) is 11.4 Å². The van der Waals surface area contributed by atoms with Gasteiger partial charge in [-0.1, -0.05) is 47.6 Å². The molecule has 1 amide bonds. The maximum Gasteiger partial charge on any atom is 0.339 e. The van der Waals surface area contributed by atoms with Crippen molar-refractivity contribution in [1.82, 2.24) is 10.1 Å². The second-order valence-electron chi connectivity index (χ2n) is 7.43. The van der Waals surface area contributed by atoms with Gasteiger partial charge in [0.05, 0.1) is 22.9 Å². The Kier molecular flexibility index (Phi) is 7.55. The van der Waals surface area contributed by atoms with Crippen molar-refractivity contribution < 1.29 is 18.8 Å². The summed E-state index contributed by atoms with van der Waals surface area (Å²) < 4.78 is 10.6. The summed E-state index contributed by atoms with van der Waals surface area (Å²) in [7, 11) is 0. The highest BCUT2D eigenvalue weighted by molar-refractivity contribution is 8.00. The summed E-state index contributed by atoms with van der Waals surface area (Å²) in [6.45, 7) is 1.77. The van der Waals surface area contributed by atoms with Gasteiger partial charge in [0.15, 0.2) is 6.61 Å². The van der Waals surface area contributed by atoms with Crippen molar-refractivity contribution in [2.75, 3.05) is 11.1 Å². The zero-order valence-corrected chi connectivity index (χ0v) is 19.5. The van der Waals surface area contributed by atoms with E-state index in [1.54, 1.807) is 48.5 Å². The summed E-state index contributed by atoms with van der Waals surface area (Å²) in [5.74, 6) is -0.143. The third-order valence-corrected chi connectivity index (χ3v) is 6.00. The third kappa shape index (κ3) is 6.13. The van der Waals surface area contributed by atoms with Crippen LogP contribution >= 0.6 is 11.8 Å². The van der Waals surface area contributed by atoms with E-state index in [1.807, 2.05) is 37.3 Å². The van der Waals surface area contributed by atoms with E-state index in [-0.39, 0.29) is 24.2 Å². The van der Waals surface area contributed by atoms with E-state index in [9.17, 15) is 9.59 Å². The molecule has 0 saturated carbocycles. The van der Waals surface area contributed by atoms with Gasteiger partial charge in [-0.15, -0.1) is 11.8 Å². The summed E-state index contributed by atoms with van der Waals surface area (Å²) in [6.07, 6.45) is 0. The van der Waals surface area contributed by atoms with Crippen molar-refractivity contribution in [1.29, 1.82) is 5.26 Å². The quantitative estimate of drug-likeness (QED) is 0.274. The lowest BCUT2D eigenvalue weighted by atomic mass is 10.1. The number of nitrogens with one attached hydrogen (secondary N) is 1. The molecule has 1 aromatic heterocycles. The number of nitrogens with zero attached hydrogens (tertiary/aromatic N) is 3. The zero-order chi connectivity index (χ0) is 24.6. The lowest BCUT2D eigenvalue weighted by Crippen LogP contribution is -2.14. The van der Waals surface area contributed by atoms with Gasteiger partial charge in [-0.05, 0) is 42.8 Å². The number of carbonyl (C=O) groups is 2. The van der Waals surface area contributed by atoms with Crippen LogP contribution in [0.15, 0.2) is 82.2 Å². The normalized spacial score (nSPS) is 10.4. The lowest BCUT2D eigenvalue weighted by molar-refractivity contribution is -0.113. The molecule has 3 aromatic carbocycles. The molecule has 8 nitrogen and oxygen atoms in total. The molecule has 0 saturated heterocycles. The smallest absolute Gasteiger partial charge is 0.339 e. The first-order valence-electron chi connectivity index (χ1n) is 10.6. The molecule has 0 bridgehead atoms. The van der Waals surface area contributed by atoms with E-state index >= 15 is 0 Å². The first-order valence-corrected chi connectivity index (χ1v) is 11.6. The predicted octanol–water partition coefficient (Wildman–Crippen LogP) is 5.00. The van der Waals surface area contributed by atoms with Gasteiger partial charge in [-0.25, -0.2) is 4.79 Å². The number of anilines is 1. The molecule has 9 heteroatoms. The number of amides is 1. The number of thioether (sulfide) groups is 1. The van der Waals surface area contributed by atoms with Gasteiger partial charge in [0.25, 0.3) is 5.89 Å². The van der Waals surface area contributed by atoms with Crippen molar-refractivity contribution in [3.8, 4) is 17.5 Å². The number of esters is 1. The molecule has 1 N–H and O–H groups in total. The van der Waals surface area contributed by atoms with Crippen LogP contribution in [0.5, 0.6) is 0 Å². The van der Waals surface area contributed by atoms with Gasteiger partial charge in [-0.3, -0.25) is 4.79 Å². The molecule has 0 atom stereocenters. The summed E-state index contributed by atoms with van der Waals surface area (Å²) in [4.78, 5) is 30.0. The molecule has 0 aliphatic heterocycles. The van der Waals surface area contributed by atoms with E-state index in [4.69, 9.17) is 14.5 Å². The SMILES string of the molecule is Cc1ccccc1-c1noc(COC(=O)c2ccccc2SCC(=O)Nc2cccc(C#N)c2)n1. The standard InChI is InChI=1S/C26H20N4O4S/c1-17-7-2-3-10-20(17)25-29-24(34-30-25)15-33-26(32)21-11-4-5-12-22(21)35-16-23(31)28-19-9-6-8-18(13-19)14-27/h2-13H,15-16H2,1H3,(H,28,31). The lowest BCUT2D eigenvalue weighted by Gasteiger charge is -2.09. The van der Waals surface area contributed by atoms with Gasteiger partial charge in [0.2, 0.25) is 11.7 Å².